The fraction of sp³-hybridized carbons (Fsp3) is 0.727. The van der Waals surface area contributed by atoms with Gasteiger partial charge in [0.05, 0.1) is 6.54 Å². The first-order valence-electron chi connectivity index (χ1n) is 5.82. The van der Waals surface area contributed by atoms with E-state index in [1.165, 1.54) is 0 Å². The number of aryl methyl sites for hydroxylation is 1. The lowest BCUT2D eigenvalue weighted by Gasteiger charge is -2.22. The summed E-state index contributed by atoms with van der Waals surface area (Å²) in [5.41, 5.74) is 0. The first-order valence-corrected chi connectivity index (χ1v) is 5.82. The predicted octanol–water partition coefficient (Wildman–Crippen LogP) is 0.419. The van der Waals surface area contributed by atoms with E-state index < -0.39 is 12.0 Å². The Bertz CT molecular complexity index is 429. The lowest BCUT2D eigenvalue weighted by Crippen LogP contribution is -2.39. The third kappa shape index (κ3) is 2.17. The van der Waals surface area contributed by atoms with E-state index in [9.17, 15) is 9.90 Å². The van der Waals surface area contributed by atoms with E-state index in [0.717, 1.165) is 24.6 Å². The van der Waals surface area contributed by atoms with E-state index in [1.54, 1.807) is 0 Å². The van der Waals surface area contributed by atoms with E-state index in [2.05, 4.69) is 10.2 Å². The Morgan fingerprint density at radius 3 is 2.76 bits per heavy atom. The average Bonchev–Trinajstić information content (AvgIpc) is 2.77. The van der Waals surface area contributed by atoms with Crippen molar-refractivity contribution in [1.29, 1.82) is 0 Å². The third-order valence-electron chi connectivity index (χ3n) is 3.58. The second-order valence-electron chi connectivity index (χ2n) is 4.74. The van der Waals surface area contributed by atoms with Crippen LogP contribution in [-0.2, 0) is 18.4 Å². The average molecular weight is 238 g/mol. The van der Waals surface area contributed by atoms with Gasteiger partial charge in [-0.3, -0.25) is 9.69 Å². The van der Waals surface area contributed by atoms with Gasteiger partial charge in [0.15, 0.2) is 0 Å². The highest BCUT2D eigenvalue weighted by atomic mass is 16.4. The molecular weight excluding hydrogens is 220 g/mol. The molecule has 1 aliphatic rings. The highest BCUT2D eigenvalue weighted by Gasteiger charge is 2.37. The van der Waals surface area contributed by atoms with Gasteiger partial charge in [-0.2, -0.15) is 0 Å². The van der Waals surface area contributed by atoms with Crippen LogP contribution in [0.15, 0.2) is 0 Å². The summed E-state index contributed by atoms with van der Waals surface area (Å²) in [7, 11) is 1.90. The zero-order chi connectivity index (χ0) is 12.6. The van der Waals surface area contributed by atoms with Crippen LogP contribution in [0.3, 0.4) is 0 Å². The monoisotopic (exact) mass is 238 g/mol. The van der Waals surface area contributed by atoms with Crippen molar-refractivity contribution in [2.75, 3.05) is 6.54 Å². The molecule has 0 bridgehead atoms. The maximum absolute atomic E-state index is 11.2. The van der Waals surface area contributed by atoms with E-state index in [1.807, 2.05) is 30.4 Å². The second-order valence-corrected chi connectivity index (χ2v) is 4.74. The Labute approximate surface area is 100 Å². The van der Waals surface area contributed by atoms with E-state index in [4.69, 9.17) is 0 Å². The minimum absolute atomic E-state index is 0.196. The van der Waals surface area contributed by atoms with Gasteiger partial charge in [0.2, 0.25) is 0 Å². The highest BCUT2D eigenvalue weighted by Crippen LogP contribution is 2.25. The number of nitrogens with zero attached hydrogens (tertiary/aromatic N) is 4. The fourth-order valence-corrected chi connectivity index (χ4v) is 2.37. The Morgan fingerprint density at radius 1 is 1.53 bits per heavy atom. The van der Waals surface area contributed by atoms with Crippen molar-refractivity contribution in [3.8, 4) is 0 Å². The molecule has 1 N–H and O–H groups in total. The predicted molar refractivity (Wildman–Crippen MR) is 61.4 cm³/mol. The van der Waals surface area contributed by atoms with Crippen LogP contribution in [0.1, 0.15) is 25.0 Å². The van der Waals surface area contributed by atoms with Crippen LogP contribution in [0.5, 0.6) is 0 Å². The first-order chi connectivity index (χ1) is 8.00. The molecule has 2 unspecified atom stereocenters. The molecular formula is C11H18N4O2. The zero-order valence-electron chi connectivity index (χ0n) is 10.4. The van der Waals surface area contributed by atoms with Crippen LogP contribution >= 0.6 is 0 Å². The van der Waals surface area contributed by atoms with Gasteiger partial charge in [-0.1, -0.05) is 6.92 Å². The van der Waals surface area contributed by atoms with E-state index >= 15 is 0 Å². The van der Waals surface area contributed by atoms with Gasteiger partial charge in [0, 0.05) is 7.05 Å². The maximum atomic E-state index is 11.2. The molecule has 17 heavy (non-hydrogen) atoms. The van der Waals surface area contributed by atoms with Crippen LogP contribution in [0.25, 0.3) is 0 Å². The van der Waals surface area contributed by atoms with Crippen molar-refractivity contribution >= 4 is 5.97 Å². The van der Waals surface area contributed by atoms with Crippen LogP contribution in [0, 0.1) is 12.8 Å². The van der Waals surface area contributed by atoms with Crippen LogP contribution < -0.4 is 0 Å². The number of carbonyl (C=O) groups is 1. The number of carboxylic acid groups (broad SMARTS) is 1. The molecule has 6 nitrogen and oxygen atoms in total. The van der Waals surface area contributed by atoms with Gasteiger partial charge in [-0.15, -0.1) is 10.2 Å². The topological polar surface area (TPSA) is 71.2 Å². The Kier molecular flexibility index (Phi) is 3.15. The van der Waals surface area contributed by atoms with E-state index in [-0.39, 0.29) is 5.92 Å². The van der Waals surface area contributed by atoms with Gasteiger partial charge in [-0.05, 0) is 25.8 Å². The number of likely N-dealkylation sites (tertiary alicyclic amines) is 1. The number of aliphatic carboxylic acids is 1. The van der Waals surface area contributed by atoms with Gasteiger partial charge < -0.3 is 9.67 Å². The molecule has 0 aliphatic carbocycles. The molecule has 2 heterocycles. The van der Waals surface area contributed by atoms with Crippen molar-refractivity contribution in [2.45, 2.75) is 32.9 Å². The molecule has 0 spiro atoms. The summed E-state index contributed by atoms with van der Waals surface area (Å²) < 4.78 is 1.90. The quantitative estimate of drug-likeness (QED) is 0.826. The minimum atomic E-state index is -0.742. The number of hydrogen-bond acceptors (Lipinski definition) is 4. The molecule has 1 aromatic heterocycles. The SMILES string of the molecule is Cc1nnc(CN2CCC(C)C2C(=O)O)n1C. The lowest BCUT2D eigenvalue weighted by molar-refractivity contribution is -0.143. The number of aromatic nitrogens is 3. The van der Waals surface area contributed by atoms with Crippen molar-refractivity contribution in [1.82, 2.24) is 19.7 Å². The summed E-state index contributed by atoms with van der Waals surface area (Å²) in [6.45, 7) is 5.24. The van der Waals surface area contributed by atoms with Crippen molar-refractivity contribution in [2.24, 2.45) is 13.0 Å². The molecule has 1 fully saturated rings. The van der Waals surface area contributed by atoms with Crippen molar-refractivity contribution < 1.29 is 9.90 Å². The molecule has 6 heteroatoms. The summed E-state index contributed by atoms with van der Waals surface area (Å²) in [6.07, 6.45) is 0.924. The van der Waals surface area contributed by atoms with Crippen LogP contribution in [0.4, 0.5) is 0 Å². The number of rotatable bonds is 3. The Morgan fingerprint density at radius 2 is 2.24 bits per heavy atom. The standard InChI is InChI=1S/C11H18N4O2/c1-7-4-5-15(10(7)11(16)17)6-9-13-12-8(2)14(9)3/h7,10H,4-6H2,1-3H3,(H,16,17). The summed E-state index contributed by atoms with van der Waals surface area (Å²) in [6, 6.07) is -0.396. The molecule has 1 saturated heterocycles. The smallest absolute Gasteiger partial charge is 0.321 e. The Balaban J connectivity index is 2.13. The summed E-state index contributed by atoms with van der Waals surface area (Å²) in [5, 5.41) is 17.3. The molecule has 1 aromatic rings. The van der Waals surface area contributed by atoms with Gasteiger partial charge in [-0.25, -0.2) is 0 Å². The molecule has 0 amide bonds. The molecule has 0 aromatic carbocycles. The van der Waals surface area contributed by atoms with Crippen molar-refractivity contribution in [3.05, 3.63) is 11.6 Å². The lowest BCUT2D eigenvalue weighted by atomic mass is 10.0. The van der Waals surface area contributed by atoms with E-state index in [0.29, 0.717) is 6.54 Å². The summed E-state index contributed by atoms with van der Waals surface area (Å²) in [5.74, 6) is 1.12. The fourth-order valence-electron chi connectivity index (χ4n) is 2.37. The molecule has 0 saturated carbocycles. The Hall–Kier alpha value is -1.43. The van der Waals surface area contributed by atoms with Gasteiger partial charge in [0.25, 0.3) is 0 Å². The third-order valence-corrected chi connectivity index (χ3v) is 3.58. The number of hydrogen-bond donors (Lipinski definition) is 1. The molecule has 2 atom stereocenters. The van der Waals surface area contributed by atoms with Gasteiger partial charge >= 0.3 is 5.97 Å². The van der Waals surface area contributed by atoms with Crippen LogP contribution in [-0.4, -0.2) is 43.3 Å². The van der Waals surface area contributed by atoms with Gasteiger partial charge in [0.1, 0.15) is 17.7 Å². The molecule has 0 radical (unpaired) electrons. The van der Waals surface area contributed by atoms with Crippen molar-refractivity contribution in [3.63, 3.8) is 0 Å². The molecule has 94 valence electrons. The van der Waals surface area contributed by atoms with Crippen LogP contribution in [0.2, 0.25) is 0 Å². The molecule has 1 aliphatic heterocycles. The first kappa shape index (κ1) is 12.0. The minimum Gasteiger partial charge on any atom is -0.480 e. The normalized spacial score (nSPS) is 25.4. The zero-order valence-corrected chi connectivity index (χ0v) is 10.4. The number of carboxylic acids is 1. The maximum Gasteiger partial charge on any atom is 0.321 e. The highest BCUT2D eigenvalue weighted by molar-refractivity contribution is 5.74. The second kappa shape index (κ2) is 4.44. The molecule has 2 rings (SSSR count). The summed E-state index contributed by atoms with van der Waals surface area (Å²) >= 11 is 0. The largest absolute Gasteiger partial charge is 0.480 e. The summed E-state index contributed by atoms with van der Waals surface area (Å²) in [4.78, 5) is 13.2.